The summed E-state index contributed by atoms with van der Waals surface area (Å²) in [6.45, 7) is 1.50. The molecule has 0 bridgehead atoms. The molecule has 2 N–H and O–H groups in total. The molecule has 3 aromatic heterocycles. The minimum atomic E-state index is -4.63. The van der Waals surface area contributed by atoms with Crippen LogP contribution in [0.4, 0.5) is 23.2 Å². The third-order valence-corrected chi connectivity index (χ3v) is 10.7. The first-order valence-electron chi connectivity index (χ1n) is 16.2. The van der Waals surface area contributed by atoms with Crippen LogP contribution in [-0.4, -0.2) is 83.4 Å². The molecular formula is C33H29ClF4N8O5. The highest BCUT2D eigenvalue weighted by Gasteiger charge is 2.68. The van der Waals surface area contributed by atoms with E-state index in [4.69, 9.17) is 16.3 Å². The average Bonchev–Trinajstić information content (AvgIpc) is 3.67. The topological polar surface area (TPSA) is 157 Å². The Morgan fingerprint density at radius 3 is 2.75 bits per heavy atom. The monoisotopic (exact) mass is 728 g/mol. The van der Waals surface area contributed by atoms with Gasteiger partial charge in [0.25, 0.3) is 11.5 Å². The Hall–Kier alpha value is -4.90. The second kappa shape index (κ2) is 11.8. The van der Waals surface area contributed by atoms with Crippen molar-refractivity contribution in [2.45, 2.75) is 56.4 Å². The number of aromatic hydroxyl groups is 1. The highest BCUT2D eigenvalue weighted by atomic mass is 35.5. The van der Waals surface area contributed by atoms with Crippen LogP contribution in [0.5, 0.6) is 5.75 Å². The summed E-state index contributed by atoms with van der Waals surface area (Å²) in [6.07, 6.45) is -2.32. The van der Waals surface area contributed by atoms with E-state index < -0.39 is 53.0 Å². The summed E-state index contributed by atoms with van der Waals surface area (Å²) in [5.74, 6) is -2.03. The van der Waals surface area contributed by atoms with E-state index in [1.165, 1.54) is 16.4 Å². The number of benzene rings is 1. The number of anilines is 1. The highest BCUT2D eigenvalue weighted by Crippen LogP contribution is 2.68. The average molecular weight is 729 g/mol. The molecule has 2 amide bonds. The Balaban J connectivity index is 1.19. The Kier molecular flexibility index (Phi) is 7.72. The van der Waals surface area contributed by atoms with Crippen molar-refractivity contribution >= 4 is 40.5 Å². The van der Waals surface area contributed by atoms with Gasteiger partial charge in [-0.25, -0.2) is 14.4 Å². The van der Waals surface area contributed by atoms with Crippen LogP contribution in [-0.2, 0) is 27.7 Å². The van der Waals surface area contributed by atoms with Crippen LogP contribution in [0.3, 0.4) is 0 Å². The Morgan fingerprint density at radius 1 is 1.24 bits per heavy atom. The van der Waals surface area contributed by atoms with Gasteiger partial charge in [0, 0.05) is 29.1 Å². The van der Waals surface area contributed by atoms with E-state index in [9.17, 15) is 32.7 Å². The van der Waals surface area contributed by atoms with Crippen molar-refractivity contribution in [3.63, 3.8) is 0 Å². The summed E-state index contributed by atoms with van der Waals surface area (Å²) in [7, 11) is 0. The van der Waals surface area contributed by atoms with Crippen LogP contribution in [0, 0.1) is 12.8 Å². The molecule has 4 aromatic rings. The SMILES string of the molecule is Cc1ncnc(C(=O)N2CC[C@]3(c4c(n(CC(=O)Nc5ccc(C(F)(F)F)cc5Cl)c5nc(C6=CCOCC6)nn5c4=O)[C@H]4C[C@H]43)[C@@H](F)C2)c1O. The normalized spacial score (nSPS) is 24.0. The molecule has 1 saturated heterocycles. The number of ether oxygens (including phenoxy) is 1. The maximum Gasteiger partial charge on any atom is 0.416 e. The lowest BCUT2D eigenvalue weighted by atomic mass is 9.70. The van der Waals surface area contributed by atoms with Crippen LogP contribution >= 0.6 is 11.6 Å². The van der Waals surface area contributed by atoms with Crippen LogP contribution in [0.1, 0.15) is 64.0 Å². The number of hydrogen-bond acceptors (Lipinski definition) is 9. The van der Waals surface area contributed by atoms with Gasteiger partial charge in [0.05, 0.1) is 41.7 Å². The molecule has 5 heterocycles. The van der Waals surface area contributed by atoms with Crippen molar-refractivity contribution in [1.29, 1.82) is 0 Å². The molecule has 8 rings (SSSR count). The number of aromatic nitrogens is 6. The lowest BCUT2D eigenvalue weighted by molar-refractivity contribution is -0.137. The number of amides is 2. The van der Waals surface area contributed by atoms with Crippen molar-refractivity contribution in [1.82, 2.24) is 34.0 Å². The van der Waals surface area contributed by atoms with E-state index in [-0.39, 0.29) is 70.6 Å². The number of aryl methyl sites for hydroxylation is 1. The molecule has 51 heavy (non-hydrogen) atoms. The number of piperidine rings is 1. The zero-order valence-corrected chi connectivity index (χ0v) is 27.6. The van der Waals surface area contributed by atoms with Gasteiger partial charge in [-0.2, -0.15) is 22.7 Å². The predicted octanol–water partition coefficient (Wildman–Crippen LogP) is 4.05. The number of carbonyl (C=O) groups excluding carboxylic acids is 2. The molecule has 1 spiro atoms. The van der Waals surface area contributed by atoms with Crippen LogP contribution in [0.25, 0.3) is 11.4 Å². The number of fused-ring (bicyclic) bond motifs is 6. The van der Waals surface area contributed by atoms with Gasteiger partial charge in [0.1, 0.15) is 19.0 Å². The fourth-order valence-electron chi connectivity index (χ4n) is 7.88. The van der Waals surface area contributed by atoms with Crippen LogP contribution < -0.4 is 10.9 Å². The van der Waals surface area contributed by atoms with Gasteiger partial charge in [0.2, 0.25) is 11.7 Å². The number of carbonyl (C=O) groups is 2. The van der Waals surface area contributed by atoms with Gasteiger partial charge >= 0.3 is 6.18 Å². The molecule has 2 aliphatic heterocycles. The standard InChI is InChI=1S/C33H29ClF4N8O5/c1-15-27(48)25(40-14-39-15)30(50)44-7-6-32(22(35)12-44)19-11-18(19)26-24(32)29(49)46-31(42-28(43-46)16-4-8-51-9-5-16)45(26)13-23(47)41-21-3-2-17(10-20(21)34)33(36,37)38/h2-4,10,14,18-19,22,48H,5-9,11-13H2,1H3,(H,41,47)/t18-,19+,22-,32+/m0/s1. The van der Waals surface area contributed by atoms with Gasteiger partial charge in [-0.15, -0.1) is 5.10 Å². The van der Waals surface area contributed by atoms with Crippen molar-refractivity contribution in [2.75, 3.05) is 31.6 Å². The highest BCUT2D eigenvalue weighted by molar-refractivity contribution is 6.33. The summed E-state index contributed by atoms with van der Waals surface area (Å²) in [6, 6.07) is 2.56. The fourth-order valence-corrected chi connectivity index (χ4v) is 8.11. The first kappa shape index (κ1) is 33.3. The van der Waals surface area contributed by atoms with E-state index in [1.54, 1.807) is 6.08 Å². The number of rotatable bonds is 5. The molecule has 266 valence electrons. The van der Waals surface area contributed by atoms with Gasteiger partial charge in [0.15, 0.2) is 17.3 Å². The summed E-state index contributed by atoms with van der Waals surface area (Å²) < 4.78 is 64.5. The largest absolute Gasteiger partial charge is 0.504 e. The fraction of sp³-hybridized carbons (Fsp3) is 0.424. The molecule has 1 saturated carbocycles. The van der Waals surface area contributed by atoms with E-state index in [0.717, 1.165) is 28.5 Å². The Labute approximate surface area is 290 Å². The number of nitrogens with one attached hydrogen (secondary N) is 1. The lowest BCUT2D eigenvalue weighted by Crippen LogP contribution is -2.55. The number of nitrogens with zero attached hydrogens (tertiary/aromatic N) is 7. The van der Waals surface area contributed by atoms with Crippen molar-refractivity contribution in [3.05, 3.63) is 80.0 Å². The number of hydrogen-bond donors (Lipinski definition) is 2. The maximum absolute atomic E-state index is 16.8. The Bertz CT molecular complexity index is 2240. The third kappa shape index (κ3) is 5.27. The summed E-state index contributed by atoms with van der Waals surface area (Å²) in [5, 5.41) is 17.2. The quantitative estimate of drug-likeness (QED) is 0.290. The third-order valence-electron chi connectivity index (χ3n) is 10.4. The van der Waals surface area contributed by atoms with Gasteiger partial charge in [-0.1, -0.05) is 17.7 Å². The second-order valence-corrected chi connectivity index (χ2v) is 13.6. The Morgan fingerprint density at radius 2 is 2.04 bits per heavy atom. The molecule has 4 atom stereocenters. The molecule has 18 heteroatoms. The van der Waals surface area contributed by atoms with Gasteiger partial charge in [-0.3, -0.25) is 14.4 Å². The second-order valence-electron chi connectivity index (χ2n) is 13.2. The molecule has 0 radical (unpaired) electrons. The minimum absolute atomic E-state index is 0.0511. The molecule has 2 aliphatic carbocycles. The van der Waals surface area contributed by atoms with Crippen molar-refractivity contribution in [2.24, 2.45) is 5.92 Å². The van der Waals surface area contributed by atoms with Crippen LogP contribution in [0.2, 0.25) is 5.02 Å². The molecular weight excluding hydrogens is 700 g/mol. The van der Waals surface area contributed by atoms with E-state index in [2.05, 4.69) is 25.4 Å². The number of halogens is 5. The summed E-state index contributed by atoms with van der Waals surface area (Å²) in [5.41, 5.74) is -1.63. The predicted molar refractivity (Wildman–Crippen MR) is 172 cm³/mol. The number of likely N-dealkylation sites (tertiary alicyclic amines) is 1. The molecule has 1 aromatic carbocycles. The lowest BCUT2D eigenvalue weighted by Gasteiger charge is -2.43. The van der Waals surface area contributed by atoms with E-state index in [0.29, 0.717) is 37.8 Å². The summed E-state index contributed by atoms with van der Waals surface area (Å²) in [4.78, 5) is 55.1. The van der Waals surface area contributed by atoms with Gasteiger partial charge < -0.3 is 24.6 Å². The molecule has 2 fully saturated rings. The molecule has 4 aliphatic rings. The first-order chi connectivity index (χ1) is 24.3. The zero-order valence-electron chi connectivity index (χ0n) is 26.9. The van der Waals surface area contributed by atoms with Crippen molar-refractivity contribution in [3.8, 4) is 5.75 Å². The minimum Gasteiger partial charge on any atom is -0.504 e. The maximum atomic E-state index is 16.8. The zero-order chi connectivity index (χ0) is 36.0. The summed E-state index contributed by atoms with van der Waals surface area (Å²) >= 11 is 6.12. The van der Waals surface area contributed by atoms with Gasteiger partial charge in [-0.05, 0) is 55.9 Å². The van der Waals surface area contributed by atoms with E-state index >= 15 is 4.39 Å². The first-order valence-corrected chi connectivity index (χ1v) is 16.6. The smallest absolute Gasteiger partial charge is 0.416 e. The van der Waals surface area contributed by atoms with Crippen molar-refractivity contribution < 1.29 is 37.0 Å². The van der Waals surface area contributed by atoms with E-state index in [1.807, 2.05) is 0 Å². The molecule has 0 unspecified atom stereocenters. The van der Waals surface area contributed by atoms with Crippen LogP contribution in [0.15, 0.2) is 35.4 Å². The molecule has 13 nitrogen and oxygen atoms in total. The number of alkyl halides is 4.